The van der Waals surface area contributed by atoms with Crippen molar-refractivity contribution in [2.45, 2.75) is 6.54 Å². The Labute approximate surface area is 155 Å². The largest absolute Gasteiger partial charge is 0.360 e. The predicted octanol–water partition coefficient (Wildman–Crippen LogP) is 4.21. The molecule has 2 N–H and O–H groups in total. The van der Waals surface area contributed by atoms with E-state index in [1.165, 1.54) is 0 Å². The molecule has 0 unspecified atom stereocenters. The number of nitrogens with zero attached hydrogens (tertiary/aromatic N) is 2. The molecule has 128 valence electrons. The smallest absolute Gasteiger partial charge is 0.253 e. The van der Waals surface area contributed by atoms with Gasteiger partial charge in [-0.15, -0.1) is 0 Å². The molecule has 0 bridgehead atoms. The summed E-state index contributed by atoms with van der Waals surface area (Å²) >= 11 is 5.78. The number of H-pyrrole nitrogens is 1. The summed E-state index contributed by atoms with van der Waals surface area (Å²) in [6, 6.07) is 13.1. The molecule has 1 amide bonds. The summed E-state index contributed by atoms with van der Waals surface area (Å²) in [6.45, 7) is 0.386. The van der Waals surface area contributed by atoms with Gasteiger partial charge in [-0.05, 0) is 35.4 Å². The average Bonchev–Trinajstić information content (AvgIpc) is 3.12. The fourth-order valence-corrected chi connectivity index (χ4v) is 3.01. The molecule has 0 saturated heterocycles. The number of pyridine rings is 2. The van der Waals surface area contributed by atoms with Gasteiger partial charge in [0, 0.05) is 42.3 Å². The van der Waals surface area contributed by atoms with Gasteiger partial charge in [-0.2, -0.15) is 0 Å². The maximum atomic E-state index is 12.7. The molecule has 0 fully saturated rings. The van der Waals surface area contributed by atoms with E-state index in [9.17, 15) is 4.79 Å². The minimum atomic E-state index is -0.145. The van der Waals surface area contributed by atoms with Crippen LogP contribution in [0.4, 0.5) is 0 Å². The van der Waals surface area contributed by atoms with Crippen LogP contribution in [0, 0.1) is 0 Å². The van der Waals surface area contributed by atoms with E-state index in [0.717, 1.165) is 27.6 Å². The first kappa shape index (κ1) is 16.3. The lowest BCUT2D eigenvalue weighted by Crippen LogP contribution is -2.23. The van der Waals surface area contributed by atoms with E-state index in [1.54, 1.807) is 24.7 Å². The fraction of sp³-hybridized carbons (Fsp3) is 0.0500. The molecule has 4 rings (SSSR count). The van der Waals surface area contributed by atoms with Crippen LogP contribution < -0.4 is 5.32 Å². The lowest BCUT2D eigenvalue weighted by molar-refractivity contribution is 0.0952. The number of carbonyl (C=O) groups excluding carboxylic acids is 1. The second-order valence-electron chi connectivity index (χ2n) is 5.84. The molecule has 5 nitrogen and oxygen atoms in total. The molecule has 1 aromatic carbocycles. The highest BCUT2D eigenvalue weighted by Gasteiger charge is 2.14. The number of halogens is 1. The SMILES string of the molecule is O=C(NCc1ccc(Cl)nc1)c1cccc2c(-c3ccncc3)c[nH]c12. The zero-order chi connectivity index (χ0) is 17.9. The van der Waals surface area contributed by atoms with E-state index < -0.39 is 0 Å². The van der Waals surface area contributed by atoms with Gasteiger partial charge in [0.1, 0.15) is 5.15 Å². The Bertz CT molecular complexity index is 1060. The number of hydrogen-bond acceptors (Lipinski definition) is 3. The lowest BCUT2D eigenvalue weighted by Gasteiger charge is -2.07. The summed E-state index contributed by atoms with van der Waals surface area (Å²) in [4.78, 5) is 24.0. The number of para-hydroxylation sites is 1. The molecular weight excluding hydrogens is 348 g/mol. The molecule has 0 aliphatic carbocycles. The highest BCUT2D eigenvalue weighted by molar-refractivity contribution is 6.29. The summed E-state index contributed by atoms with van der Waals surface area (Å²) in [6.07, 6.45) is 7.08. The minimum absolute atomic E-state index is 0.145. The summed E-state index contributed by atoms with van der Waals surface area (Å²) in [5.74, 6) is -0.145. The normalized spacial score (nSPS) is 10.8. The first-order chi connectivity index (χ1) is 12.7. The van der Waals surface area contributed by atoms with Gasteiger partial charge >= 0.3 is 0 Å². The molecule has 26 heavy (non-hydrogen) atoms. The summed E-state index contributed by atoms with van der Waals surface area (Å²) in [7, 11) is 0. The van der Waals surface area contributed by atoms with Crippen molar-refractivity contribution in [1.82, 2.24) is 20.3 Å². The Kier molecular flexibility index (Phi) is 4.37. The summed E-state index contributed by atoms with van der Waals surface area (Å²) in [5.41, 5.74) is 4.39. The van der Waals surface area contributed by atoms with Crippen LogP contribution in [0.5, 0.6) is 0 Å². The Balaban J connectivity index is 1.61. The second kappa shape index (κ2) is 6.98. The summed E-state index contributed by atoms with van der Waals surface area (Å²) < 4.78 is 0. The zero-order valence-corrected chi connectivity index (χ0v) is 14.5. The zero-order valence-electron chi connectivity index (χ0n) is 13.7. The molecule has 4 aromatic rings. The first-order valence-electron chi connectivity index (χ1n) is 8.11. The van der Waals surface area contributed by atoms with Gasteiger partial charge in [0.25, 0.3) is 5.91 Å². The Hall–Kier alpha value is -3.18. The Morgan fingerprint density at radius 2 is 1.96 bits per heavy atom. The molecule has 0 aliphatic heterocycles. The third-order valence-electron chi connectivity index (χ3n) is 4.19. The number of aromatic amines is 1. The highest BCUT2D eigenvalue weighted by Crippen LogP contribution is 2.29. The number of aromatic nitrogens is 3. The molecule has 3 heterocycles. The van der Waals surface area contributed by atoms with E-state index in [-0.39, 0.29) is 5.91 Å². The van der Waals surface area contributed by atoms with E-state index >= 15 is 0 Å². The van der Waals surface area contributed by atoms with Gasteiger partial charge in [0.05, 0.1) is 11.1 Å². The molecule has 0 aliphatic rings. The molecule has 6 heteroatoms. The maximum Gasteiger partial charge on any atom is 0.253 e. The van der Waals surface area contributed by atoms with Crippen LogP contribution in [0.25, 0.3) is 22.0 Å². The van der Waals surface area contributed by atoms with Gasteiger partial charge in [0.15, 0.2) is 0 Å². The van der Waals surface area contributed by atoms with Crippen molar-refractivity contribution in [2.24, 2.45) is 0 Å². The van der Waals surface area contributed by atoms with Crippen molar-refractivity contribution in [3.63, 3.8) is 0 Å². The van der Waals surface area contributed by atoms with Gasteiger partial charge in [-0.1, -0.05) is 29.8 Å². The van der Waals surface area contributed by atoms with Crippen molar-refractivity contribution in [1.29, 1.82) is 0 Å². The number of hydrogen-bond donors (Lipinski definition) is 2. The van der Waals surface area contributed by atoms with Crippen LogP contribution >= 0.6 is 11.6 Å². The van der Waals surface area contributed by atoms with Crippen LogP contribution in [0.15, 0.2) is 67.3 Å². The maximum absolute atomic E-state index is 12.7. The van der Waals surface area contributed by atoms with E-state index in [4.69, 9.17) is 11.6 Å². The van der Waals surface area contributed by atoms with Crippen molar-refractivity contribution in [3.05, 3.63) is 83.5 Å². The predicted molar refractivity (Wildman–Crippen MR) is 102 cm³/mol. The van der Waals surface area contributed by atoms with Crippen LogP contribution in [0.3, 0.4) is 0 Å². The Morgan fingerprint density at radius 1 is 1.12 bits per heavy atom. The van der Waals surface area contributed by atoms with Crippen molar-refractivity contribution in [3.8, 4) is 11.1 Å². The number of amides is 1. The topological polar surface area (TPSA) is 70.7 Å². The van der Waals surface area contributed by atoms with Crippen molar-refractivity contribution < 1.29 is 4.79 Å². The van der Waals surface area contributed by atoms with E-state index in [2.05, 4.69) is 20.3 Å². The van der Waals surface area contributed by atoms with Crippen molar-refractivity contribution >= 4 is 28.4 Å². The highest BCUT2D eigenvalue weighted by atomic mass is 35.5. The molecule has 0 spiro atoms. The van der Waals surface area contributed by atoms with Crippen molar-refractivity contribution in [2.75, 3.05) is 0 Å². The summed E-state index contributed by atoms with van der Waals surface area (Å²) in [5, 5.41) is 4.35. The van der Waals surface area contributed by atoms with Gasteiger partial charge in [-0.3, -0.25) is 9.78 Å². The number of fused-ring (bicyclic) bond motifs is 1. The quantitative estimate of drug-likeness (QED) is 0.534. The van der Waals surface area contributed by atoms with Gasteiger partial charge < -0.3 is 10.3 Å². The third kappa shape index (κ3) is 3.17. The van der Waals surface area contributed by atoms with Gasteiger partial charge in [-0.25, -0.2) is 4.98 Å². The van der Waals surface area contributed by atoms with Crippen LogP contribution in [-0.2, 0) is 6.54 Å². The number of nitrogens with one attached hydrogen (secondary N) is 2. The first-order valence-corrected chi connectivity index (χ1v) is 8.49. The fourth-order valence-electron chi connectivity index (χ4n) is 2.90. The Morgan fingerprint density at radius 3 is 2.73 bits per heavy atom. The van der Waals surface area contributed by atoms with Crippen LogP contribution in [-0.4, -0.2) is 20.9 Å². The number of rotatable bonds is 4. The molecule has 0 radical (unpaired) electrons. The average molecular weight is 363 g/mol. The monoisotopic (exact) mass is 362 g/mol. The van der Waals surface area contributed by atoms with E-state index in [0.29, 0.717) is 17.3 Å². The van der Waals surface area contributed by atoms with E-state index in [1.807, 2.05) is 42.6 Å². The molecule has 0 saturated carbocycles. The van der Waals surface area contributed by atoms with Crippen LogP contribution in [0.2, 0.25) is 5.15 Å². The standard InChI is InChI=1S/C20H15ClN4O/c21-18-5-4-13(10-23-18)11-25-20(26)16-3-1-2-15-17(12-24-19(15)16)14-6-8-22-9-7-14/h1-10,12,24H,11H2,(H,25,26). The minimum Gasteiger partial charge on any atom is -0.360 e. The molecule has 3 aromatic heterocycles. The molecule has 0 atom stereocenters. The van der Waals surface area contributed by atoms with Crippen LogP contribution in [0.1, 0.15) is 15.9 Å². The third-order valence-corrected chi connectivity index (χ3v) is 4.42. The second-order valence-corrected chi connectivity index (χ2v) is 6.23. The molecular formula is C20H15ClN4O. The van der Waals surface area contributed by atoms with Gasteiger partial charge in [0.2, 0.25) is 0 Å². The number of carbonyl (C=O) groups is 1. The lowest BCUT2D eigenvalue weighted by atomic mass is 10.0. The number of benzene rings is 1.